The van der Waals surface area contributed by atoms with Crippen LogP contribution in [-0.2, 0) is 9.47 Å². The summed E-state index contributed by atoms with van der Waals surface area (Å²) in [5, 5.41) is 0. The minimum atomic E-state index is -0.0774. The summed E-state index contributed by atoms with van der Waals surface area (Å²) in [6, 6.07) is 0. The summed E-state index contributed by atoms with van der Waals surface area (Å²) < 4.78 is 11.2. The van der Waals surface area contributed by atoms with Crippen LogP contribution in [0, 0.1) is 0 Å². The van der Waals surface area contributed by atoms with Crippen LogP contribution in [0.5, 0.6) is 0 Å². The molecule has 84 valence electrons. The van der Waals surface area contributed by atoms with Gasteiger partial charge in [-0.15, -0.1) is 0 Å². The number of hydrogen-bond donors (Lipinski definition) is 1. The maximum Gasteiger partial charge on any atom is 0.0847 e. The molecule has 3 nitrogen and oxygen atoms in total. The van der Waals surface area contributed by atoms with Gasteiger partial charge in [-0.05, 0) is 6.42 Å². The number of unbranched alkanes of at least 4 members (excludes halogenated alkanes) is 2. The van der Waals surface area contributed by atoms with Crippen molar-refractivity contribution in [1.82, 2.24) is 0 Å². The normalized spacial score (nSPS) is 21.0. The lowest BCUT2D eigenvalue weighted by atomic mass is 9.94. The smallest absolute Gasteiger partial charge is 0.0847 e. The molecule has 2 N–H and O–H groups in total. The Balaban J connectivity index is 2.22. The third-order valence-corrected chi connectivity index (χ3v) is 2.93. The summed E-state index contributed by atoms with van der Waals surface area (Å²) in [4.78, 5) is 0. The van der Waals surface area contributed by atoms with Gasteiger partial charge in [0.25, 0.3) is 0 Å². The summed E-state index contributed by atoms with van der Waals surface area (Å²) >= 11 is 0. The van der Waals surface area contributed by atoms with Gasteiger partial charge in [-0.1, -0.05) is 19.8 Å². The van der Waals surface area contributed by atoms with Gasteiger partial charge < -0.3 is 15.2 Å². The van der Waals surface area contributed by atoms with Crippen LogP contribution in [0.15, 0.2) is 0 Å². The van der Waals surface area contributed by atoms with Crippen molar-refractivity contribution in [2.24, 2.45) is 5.73 Å². The molecule has 1 rings (SSSR count). The molecule has 0 unspecified atom stereocenters. The molecule has 1 aliphatic rings. The van der Waals surface area contributed by atoms with Gasteiger partial charge in [0, 0.05) is 39.2 Å². The fourth-order valence-electron chi connectivity index (χ4n) is 1.79. The van der Waals surface area contributed by atoms with Gasteiger partial charge in [-0.25, -0.2) is 0 Å². The topological polar surface area (TPSA) is 44.5 Å². The Morgan fingerprint density at radius 2 is 2.00 bits per heavy atom. The van der Waals surface area contributed by atoms with Crippen LogP contribution in [0.3, 0.4) is 0 Å². The molecule has 14 heavy (non-hydrogen) atoms. The molecule has 0 aromatic rings. The summed E-state index contributed by atoms with van der Waals surface area (Å²) in [5.41, 5.74) is 5.70. The van der Waals surface area contributed by atoms with Crippen LogP contribution in [-0.4, -0.2) is 32.0 Å². The zero-order valence-corrected chi connectivity index (χ0v) is 9.26. The van der Waals surface area contributed by atoms with Crippen LogP contribution in [0.4, 0.5) is 0 Å². The predicted octanol–water partition coefficient (Wildman–Crippen LogP) is 1.70. The standard InChI is InChI=1S/C11H23NO2/c1-2-3-4-7-14-11(10-12)5-8-13-9-6-11/h2-10,12H2,1H3. The summed E-state index contributed by atoms with van der Waals surface area (Å²) in [7, 11) is 0. The second kappa shape index (κ2) is 6.38. The molecule has 0 radical (unpaired) electrons. The molecule has 0 aromatic heterocycles. The Bertz CT molecular complexity index is 144. The van der Waals surface area contributed by atoms with E-state index >= 15 is 0 Å². The Labute approximate surface area is 86.9 Å². The average molecular weight is 201 g/mol. The minimum Gasteiger partial charge on any atom is -0.381 e. The van der Waals surface area contributed by atoms with E-state index in [1.165, 1.54) is 12.8 Å². The molecule has 0 amide bonds. The molecule has 0 aliphatic carbocycles. The second-order valence-corrected chi connectivity index (χ2v) is 4.06. The van der Waals surface area contributed by atoms with Crippen LogP contribution < -0.4 is 5.73 Å². The van der Waals surface area contributed by atoms with Crippen molar-refractivity contribution in [3.63, 3.8) is 0 Å². The molecular weight excluding hydrogens is 178 g/mol. The Morgan fingerprint density at radius 3 is 2.57 bits per heavy atom. The Morgan fingerprint density at radius 1 is 1.29 bits per heavy atom. The number of nitrogens with two attached hydrogens (primary N) is 1. The van der Waals surface area contributed by atoms with E-state index in [1.807, 2.05) is 0 Å². The summed E-state index contributed by atoms with van der Waals surface area (Å²) in [6.07, 6.45) is 5.55. The molecule has 3 heteroatoms. The zero-order valence-electron chi connectivity index (χ0n) is 9.26. The molecule has 0 atom stereocenters. The van der Waals surface area contributed by atoms with Crippen molar-refractivity contribution < 1.29 is 9.47 Å². The van der Waals surface area contributed by atoms with E-state index in [0.717, 1.165) is 39.1 Å². The van der Waals surface area contributed by atoms with Crippen molar-refractivity contribution in [2.75, 3.05) is 26.4 Å². The van der Waals surface area contributed by atoms with Crippen LogP contribution in [0.2, 0.25) is 0 Å². The molecule has 0 bridgehead atoms. The van der Waals surface area contributed by atoms with E-state index in [1.54, 1.807) is 0 Å². The summed E-state index contributed by atoms with van der Waals surface area (Å²) in [5.74, 6) is 0. The van der Waals surface area contributed by atoms with E-state index in [9.17, 15) is 0 Å². The maximum absolute atomic E-state index is 5.92. The first-order chi connectivity index (χ1) is 6.83. The largest absolute Gasteiger partial charge is 0.381 e. The van der Waals surface area contributed by atoms with Gasteiger partial charge in [0.1, 0.15) is 0 Å². The van der Waals surface area contributed by atoms with Gasteiger partial charge in [0.2, 0.25) is 0 Å². The maximum atomic E-state index is 5.92. The van der Waals surface area contributed by atoms with E-state index in [2.05, 4.69) is 6.92 Å². The third-order valence-electron chi connectivity index (χ3n) is 2.93. The first-order valence-corrected chi connectivity index (χ1v) is 5.75. The van der Waals surface area contributed by atoms with E-state index < -0.39 is 0 Å². The molecule has 0 spiro atoms. The highest BCUT2D eigenvalue weighted by Gasteiger charge is 2.31. The summed E-state index contributed by atoms with van der Waals surface area (Å²) in [6.45, 7) is 5.27. The first-order valence-electron chi connectivity index (χ1n) is 5.75. The number of hydrogen-bond acceptors (Lipinski definition) is 3. The van der Waals surface area contributed by atoms with E-state index in [4.69, 9.17) is 15.2 Å². The van der Waals surface area contributed by atoms with Crippen molar-refractivity contribution >= 4 is 0 Å². The first kappa shape index (κ1) is 12.0. The van der Waals surface area contributed by atoms with Crippen molar-refractivity contribution in [2.45, 2.75) is 44.6 Å². The number of rotatable bonds is 6. The van der Waals surface area contributed by atoms with Crippen molar-refractivity contribution in [1.29, 1.82) is 0 Å². The fraction of sp³-hybridized carbons (Fsp3) is 1.00. The van der Waals surface area contributed by atoms with Crippen LogP contribution >= 0.6 is 0 Å². The van der Waals surface area contributed by atoms with Crippen LogP contribution in [0.25, 0.3) is 0 Å². The molecule has 0 aromatic carbocycles. The highest BCUT2D eigenvalue weighted by molar-refractivity contribution is 4.84. The number of ether oxygens (including phenoxy) is 2. The molecule has 1 fully saturated rings. The zero-order chi connectivity index (χ0) is 10.3. The molecule has 0 saturated carbocycles. The van der Waals surface area contributed by atoms with Crippen molar-refractivity contribution in [3.05, 3.63) is 0 Å². The van der Waals surface area contributed by atoms with Gasteiger partial charge >= 0.3 is 0 Å². The van der Waals surface area contributed by atoms with Gasteiger partial charge in [-0.2, -0.15) is 0 Å². The quantitative estimate of drug-likeness (QED) is 0.665. The Kier molecular flexibility index (Phi) is 5.45. The predicted molar refractivity (Wildman–Crippen MR) is 57.3 cm³/mol. The third kappa shape index (κ3) is 3.56. The fourth-order valence-corrected chi connectivity index (χ4v) is 1.79. The monoisotopic (exact) mass is 201 g/mol. The average Bonchev–Trinajstić information content (AvgIpc) is 2.26. The second-order valence-electron chi connectivity index (χ2n) is 4.06. The van der Waals surface area contributed by atoms with Gasteiger partial charge in [0.15, 0.2) is 0 Å². The molecule has 1 saturated heterocycles. The van der Waals surface area contributed by atoms with E-state index in [0.29, 0.717) is 6.54 Å². The minimum absolute atomic E-state index is 0.0774. The molecule has 1 heterocycles. The lowest BCUT2D eigenvalue weighted by Gasteiger charge is -2.36. The van der Waals surface area contributed by atoms with Crippen molar-refractivity contribution in [3.8, 4) is 0 Å². The lowest BCUT2D eigenvalue weighted by molar-refractivity contribution is -0.105. The molecule has 1 aliphatic heterocycles. The lowest BCUT2D eigenvalue weighted by Crippen LogP contribution is -2.45. The Hall–Kier alpha value is -0.120. The highest BCUT2D eigenvalue weighted by Crippen LogP contribution is 2.24. The highest BCUT2D eigenvalue weighted by atomic mass is 16.5. The van der Waals surface area contributed by atoms with Crippen LogP contribution in [0.1, 0.15) is 39.0 Å². The van der Waals surface area contributed by atoms with E-state index in [-0.39, 0.29) is 5.60 Å². The van der Waals surface area contributed by atoms with Gasteiger partial charge in [0.05, 0.1) is 5.60 Å². The van der Waals surface area contributed by atoms with Gasteiger partial charge in [-0.3, -0.25) is 0 Å². The SMILES string of the molecule is CCCCCOC1(CN)CCOCC1. The molecular formula is C11H23NO2.